The summed E-state index contributed by atoms with van der Waals surface area (Å²) in [6, 6.07) is 0. The van der Waals surface area contributed by atoms with Crippen LogP contribution < -0.4 is 0 Å². The lowest BCUT2D eigenvalue weighted by Gasteiger charge is -1.95. The Labute approximate surface area is 105 Å². The van der Waals surface area contributed by atoms with Gasteiger partial charge >= 0.3 is 6.08 Å². The van der Waals surface area contributed by atoms with Crippen LogP contribution in [-0.2, 0) is 5.75 Å². The van der Waals surface area contributed by atoms with Gasteiger partial charge in [0.05, 0.1) is 0 Å². The minimum absolute atomic E-state index is 0.246. The highest BCUT2D eigenvalue weighted by Crippen LogP contribution is 2.28. The number of allylic oxidation sites excluding steroid dienone is 1. The molecule has 1 nitrogen and oxygen atoms in total. The van der Waals surface area contributed by atoms with E-state index in [1.165, 1.54) is 23.1 Å². The second kappa shape index (κ2) is 7.24. The van der Waals surface area contributed by atoms with Crippen LogP contribution >= 0.6 is 34.9 Å². The molecule has 0 saturated carbocycles. The number of rotatable bonds is 6. The zero-order chi connectivity index (χ0) is 12.0. The van der Waals surface area contributed by atoms with E-state index < -0.39 is 11.9 Å². The molecule has 1 rings (SSSR count). The lowest BCUT2D eigenvalue weighted by atomic mass is 10.4. The average molecular weight is 285 g/mol. The van der Waals surface area contributed by atoms with Gasteiger partial charge in [0.15, 0.2) is 5.83 Å². The number of aromatic nitrogens is 1. The normalized spacial score (nSPS) is 10.5. The van der Waals surface area contributed by atoms with Crippen LogP contribution in [0.4, 0.5) is 13.2 Å². The summed E-state index contributed by atoms with van der Waals surface area (Å²) in [5, 5.41) is 0. The van der Waals surface area contributed by atoms with Gasteiger partial charge in [-0.2, -0.15) is 20.5 Å². The zero-order valence-corrected chi connectivity index (χ0v) is 11.0. The summed E-state index contributed by atoms with van der Waals surface area (Å²) in [6.07, 6.45) is 1.30. The molecule has 0 unspecified atom stereocenters. The number of halogens is 3. The lowest BCUT2D eigenvalue weighted by Crippen LogP contribution is -1.81. The minimum atomic E-state index is -2.22. The fourth-order valence-corrected chi connectivity index (χ4v) is 3.66. The van der Waals surface area contributed by atoms with Crippen molar-refractivity contribution >= 4 is 34.9 Å². The summed E-state index contributed by atoms with van der Waals surface area (Å²) >= 11 is 4.52. The fourth-order valence-electron chi connectivity index (χ4n) is 0.888. The number of hydrogen-bond acceptors (Lipinski definition) is 4. The first-order chi connectivity index (χ1) is 7.63. The summed E-state index contributed by atoms with van der Waals surface area (Å²) in [6.45, 7) is 0. The van der Waals surface area contributed by atoms with Crippen molar-refractivity contribution in [1.29, 1.82) is 0 Å². The molecule has 0 bridgehead atoms. The molecule has 0 aliphatic heterocycles. The summed E-state index contributed by atoms with van der Waals surface area (Å²) in [5.74, 6) is -0.144. The molecule has 0 saturated heterocycles. The van der Waals surface area contributed by atoms with Gasteiger partial charge in [-0.3, -0.25) is 0 Å². The van der Waals surface area contributed by atoms with Crippen molar-refractivity contribution in [3.8, 4) is 0 Å². The third kappa shape index (κ3) is 4.80. The number of hydrogen-bond donors (Lipinski definition) is 0. The second-order valence-corrected chi connectivity index (χ2v) is 6.11. The lowest BCUT2D eigenvalue weighted by molar-refractivity contribution is 0.373. The van der Waals surface area contributed by atoms with Crippen molar-refractivity contribution < 1.29 is 13.2 Å². The van der Waals surface area contributed by atoms with Crippen LogP contribution in [-0.4, -0.2) is 17.0 Å². The molecule has 1 heterocycles. The van der Waals surface area contributed by atoms with Gasteiger partial charge in [-0.05, 0) is 6.26 Å². The topological polar surface area (TPSA) is 12.9 Å². The quantitative estimate of drug-likeness (QED) is 0.711. The third-order valence-electron chi connectivity index (χ3n) is 1.57. The van der Waals surface area contributed by atoms with E-state index in [1.54, 1.807) is 18.0 Å². The maximum absolute atomic E-state index is 12.5. The Morgan fingerprint density at radius 1 is 1.44 bits per heavy atom. The number of nitrogens with zero attached hydrogens (tertiary/aromatic N) is 1. The molecule has 0 amide bonds. The highest BCUT2D eigenvalue weighted by atomic mass is 32.2. The molecule has 0 fully saturated rings. The first-order valence-electron chi connectivity index (χ1n) is 4.39. The van der Waals surface area contributed by atoms with E-state index in [4.69, 9.17) is 0 Å². The Bertz CT molecular complexity index is 361. The van der Waals surface area contributed by atoms with Crippen LogP contribution in [0.1, 0.15) is 11.3 Å². The van der Waals surface area contributed by atoms with Gasteiger partial charge in [0.25, 0.3) is 0 Å². The van der Waals surface area contributed by atoms with Gasteiger partial charge in [0, 0.05) is 29.0 Å². The first kappa shape index (κ1) is 13.9. The van der Waals surface area contributed by atoms with Gasteiger partial charge in [-0.15, -0.1) is 11.3 Å². The summed E-state index contributed by atoms with van der Waals surface area (Å²) in [4.78, 5) is 5.26. The molecule has 0 spiro atoms. The molecule has 0 N–H and O–H groups in total. The highest BCUT2D eigenvalue weighted by Gasteiger charge is 2.07. The van der Waals surface area contributed by atoms with Gasteiger partial charge < -0.3 is 0 Å². The summed E-state index contributed by atoms with van der Waals surface area (Å²) in [5.41, 5.74) is 0. The van der Waals surface area contributed by atoms with Gasteiger partial charge in [0.1, 0.15) is 4.34 Å². The van der Waals surface area contributed by atoms with E-state index in [2.05, 4.69) is 4.98 Å². The molecule has 90 valence electrons. The van der Waals surface area contributed by atoms with Gasteiger partial charge in [-0.1, -0.05) is 11.8 Å². The van der Waals surface area contributed by atoms with E-state index in [0.29, 0.717) is 0 Å². The van der Waals surface area contributed by atoms with Gasteiger partial charge in [-0.25, -0.2) is 9.37 Å². The molecule has 0 aliphatic rings. The predicted octanol–water partition coefficient (Wildman–Crippen LogP) is 4.57. The molecule has 1 aromatic rings. The third-order valence-corrected chi connectivity index (χ3v) is 4.51. The Balaban J connectivity index is 2.34. The van der Waals surface area contributed by atoms with Crippen LogP contribution in [0.3, 0.4) is 0 Å². The van der Waals surface area contributed by atoms with Crippen molar-refractivity contribution in [3.63, 3.8) is 0 Å². The molecule has 0 radical (unpaired) electrons. The van der Waals surface area contributed by atoms with Crippen LogP contribution in [0, 0.1) is 0 Å². The Morgan fingerprint density at radius 2 is 2.19 bits per heavy atom. The first-order valence-corrected chi connectivity index (χ1v) is 7.59. The molecule has 0 aliphatic carbocycles. The number of thiazole rings is 1. The molecular weight excluding hydrogens is 275 g/mol. The van der Waals surface area contributed by atoms with E-state index in [9.17, 15) is 13.2 Å². The van der Waals surface area contributed by atoms with E-state index in [0.717, 1.165) is 15.0 Å². The van der Waals surface area contributed by atoms with Crippen molar-refractivity contribution in [2.24, 2.45) is 0 Å². The van der Waals surface area contributed by atoms with Crippen molar-refractivity contribution in [1.82, 2.24) is 4.98 Å². The smallest absolute Gasteiger partial charge is 0.238 e. The Kier molecular flexibility index (Phi) is 6.30. The van der Waals surface area contributed by atoms with Crippen LogP contribution in [0.5, 0.6) is 0 Å². The fraction of sp³-hybridized carbons (Fsp3) is 0.444. The molecule has 7 heteroatoms. The van der Waals surface area contributed by atoms with Crippen LogP contribution in [0.15, 0.2) is 22.4 Å². The minimum Gasteiger partial charge on any atom is -0.238 e. The summed E-state index contributed by atoms with van der Waals surface area (Å²) < 4.78 is 36.7. The average Bonchev–Trinajstić information content (AvgIpc) is 2.66. The van der Waals surface area contributed by atoms with E-state index >= 15 is 0 Å². The Morgan fingerprint density at radius 3 is 2.81 bits per heavy atom. The van der Waals surface area contributed by atoms with Crippen molar-refractivity contribution in [2.75, 3.05) is 12.0 Å². The molecular formula is C9H10F3NS3. The van der Waals surface area contributed by atoms with Gasteiger partial charge in [0.2, 0.25) is 0 Å². The predicted molar refractivity (Wildman–Crippen MR) is 65.0 cm³/mol. The number of thioether (sulfide) groups is 2. The molecule has 16 heavy (non-hydrogen) atoms. The Hall–Kier alpha value is -0.140. The van der Waals surface area contributed by atoms with Crippen LogP contribution in [0.25, 0.3) is 0 Å². The highest BCUT2D eigenvalue weighted by molar-refractivity contribution is 8.01. The molecule has 1 aromatic heterocycles. The van der Waals surface area contributed by atoms with Crippen molar-refractivity contribution in [2.45, 2.75) is 16.5 Å². The van der Waals surface area contributed by atoms with E-state index in [-0.39, 0.29) is 12.2 Å². The van der Waals surface area contributed by atoms with Crippen LogP contribution in [0.2, 0.25) is 0 Å². The summed E-state index contributed by atoms with van der Waals surface area (Å²) in [7, 11) is 0. The van der Waals surface area contributed by atoms with E-state index in [1.807, 2.05) is 6.26 Å². The molecule has 0 aromatic carbocycles. The standard InChI is InChI=1S/C9H10F3NS3/c1-14-5-6-4-13-9(16-6)15-3-2-7(10)8(11)12/h4H,2-3,5H2,1H3. The second-order valence-electron chi connectivity index (χ2n) is 2.79. The zero-order valence-electron chi connectivity index (χ0n) is 8.50. The largest absolute Gasteiger partial charge is 0.301 e. The van der Waals surface area contributed by atoms with Crippen molar-refractivity contribution in [3.05, 3.63) is 23.0 Å². The maximum Gasteiger partial charge on any atom is 0.301 e. The SMILES string of the molecule is CSCc1cnc(SCCC(F)=C(F)F)s1. The monoisotopic (exact) mass is 285 g/mol. The maximum atomic E-state index is 12.5. The molecule has 0 atom stereocenters.